The summed E-state index contributed by atoms with van der Waals surface area (Å²) in [6, 6.07) is -0.0983. The fraction of sp³-hybridized carbons (Fsp3) is 0.692. The number of sulfone groups is 1. The molecule has 1 aliphatic carbocycles. The Balaban J connectivity index is 1.89. The molecule has 104 valence electrons. The molecule has 0 N–H and O–H groups in total. The number of carbonyl (C=O) groups excluding carboxylic acids is 1. The van der Waals surface area contributed by atoms with Crippen molar-refractivity contribution in [2.24, 2.45) is 0 Å². The van der Waals surface area contributed by atoms with Gasteiger partial charge in [0.25, 0.3) is 0 Å². The molecule has 0 amide bonds. The van der Waals surface area contributed by atoms with Crippen LogP contribution in [0.4, 0.5) is 0 Å². The van der Waals surface area contributed by atoms with Crippen molar-refractivity contribution >= 4 is 16.1 Å². The first-order chi connectivity index (χ1) is 9.09. The average Bonchev–Trinajstić information content (AvgIpc) is 3.05. The number of hydrogen-bond acceptors (Lipinski definition) is 4. The van der Waals surface area contributed by atoms with Gasteiger partial charge in [0, 0.05) is 12.1 Å². The molecular weight excluding hydrogens is 264 g/mol. The maximum atomic E-state index is 11.5. The van der Waals surface area contributed by atoms with Gasteiger partial charge in [-0.2, -0.15) is 5.10 Å². The number of hydrogen-bond donors (Lipinski definition) is 0. The van der Waals surface area contributed by atoms with E-state index in [1.165, 1.54) is 12.8 Å². The summed E-state index contributed by atoms with van der Waals surface area (Å²) in [6.45, 7) is 0. The normalized spacial score (nSPS) is 26.8. The van der Waals surface area contributed by atoms with Crippen LogP contribution in [-0.2, 0) is 9.84 Å². The lowest BCUT2D eigenvalue weighted by Crippen LogP contribution is -2.12. The maximum Gasteiger partial charge on any atom is 0.153 e. The van der Waals surface area contributed by atoms with Crippen LogP contribution in [0.2, 0.25) is 0 Å². The minimum atomic E-state index is -2.92. The Morgan fingerprint density at radius 3 is 2.58 bits per heavy atom. The third kappa shape index (κ3) is 2.45. The minimum Gasteiger partial charge on any atom is -0.298 e. The van der Waals surface area contributed by atoms with Gasteiger partial charge in [-0.25, -0.2) is 8.42 Å². The van der Waals surface area contributed by atoms with Crippen molar-refractivity contribution < 1.29 is 13.2 Å². The number of aromatic nitrogens is 2. The quantitative estimate of drug-likeness (QED) is 0.791. The second kappa shape index (κ2) is 4.74. The molecule has 2 aliphatic rings. The highest BCUT2D eigenvalue weighted by Gasteiger charge is 2.31. The standard InChI is InChI=1S/C13H18N2O3S/c16-8-11-7-15(12-5-6-19(17,18)9-12)14-13(11)10-3-1-2-4-10/h7-8,10,12H,1-6,9H2. The Bertz CT molecular complexity index is 585. The summed E-state index contributed by atoms with van der Waals surface area (Å²) in [5, 5.41) is 4.53. The molecule has 19 heavy (non-hydrogen) atoms. The molecule has 1 atom stereocenters. The lowest BCUT2D eigenvalue weighted by Gasteiger charge is -2.09. The van der Waals surface area contributed by atoms with Crippen LogP contribution in [0, 0.1) is 0 Å². The van der Waals surface area contributed by atoms with E-state index in [1.807, 2.05) is 0 Å². The predicted molar refractivity (Wildman–Crippen MR) is 71.1 cm³/mol. The molecule has 0 aromatic carbocycles. The van der Waals surface area contributed by atoms with E-state index < -0.39 is 9.84 Å². The van der Waals surface area contributed by atoms with Gasteiger partial charge in [-0.3, -0.25) is 9.48 Å². The number of nitrogens with zero attached hydrogens (tertiary/aromatic N) is 2. The molecule has 1 saturated heterocycles. The smallest absolute Gasteiger partial charge is 0.153 e. The largest absolute Gasteiger partial charge is 0.298 e. The van der Waals surface area contributed by atoms with Gasteiger partial charge < -0.3 is 0 Å². The second-order valence-corrected chi connectivity index (χ2v) is 7.83. The highest BCUT2D eigenvalue weighted by atomic mass is 32.2. The van der Waals surface area contributed by atoms with Crippen LogP contribution in [0.3, 0.4) is 0 Å². The van der Waals surface area contributed by atoms with Crippen molar-refractivity contribution in [1.29, 1.82) is 0 Å². The Morgan fingerprint density at radius 1 is 1.26 bits per heavy atom. The van der Waals surface area contributed by atoms with Crippen molar-refractivity contribution in [1.82, 2.24) is 9.78 Å². The van der Waals surface area contributed by atoms with Crippen molar-refractivity contribution in [3.8, 4) is 0 Å². The summed E-state index contributed by atoms with van der Waals surface area (Å²) in [4.78, 5) is 11.2. The topological polar surface area (TPSA) is 69.0 Å². The lowest BCUT2D eigenvalue weighted by molar-refractivity contribution is 0.112. The molecule has 1 saturated carbocycles. The van der Waals surface area contributed by atoms with E-state index in [0.29, 0.717) is 17.9 Å². The van der Waals surface area contributed by atoms with Crippen LogP contribution in [0.15, 0.2) is 6.20 Å². The molecule has 3 rings (SSSR count). The van der Waals surface area contributed by atoms with Gasteiger partial charge in [0.2, 0.25) is 0 Å². The molecule has 1 aliphatic heterocycles. The van der Waals surface area contributed by atoms with Crippen LogP contribution in [0.5, 0.6) is 0 Å². The monoisotopic (exact) mass is 282 g/mol. The molecule has 1 aromatic heterocycles. The average molecular weight is 282 g/mol. The van der Waals surface area contributed by atoms with Crippen molar-refractivity contribution in [2.45, 2.75) is 44.1 Å². The maximum absolute atomic E-state index is 11.5. The third-order valence-electron chi connectivity index (χ3n) is 4.24. The second-order valence-electron chi connectivity index (χ2n) is 5.61. The van der Waals surface area contributed by atoms with E-state index in [4.69, 9.17) is 0 Å². The number of aldehydes is 1. The van der Waals surface area contributed by atoms with E-state index in [1.54, 1.807) is 10.9 Å². The molecule has 0 radical (unpaired) electrons. The zero-order chi connectivity index (χ0) is 13.5. The SMILES string of the molecule is O=Cc1cn(C2CCS(=O)(=O)C2)nc1C1CCCC1. The van der Waals surface area contributed by atoms with Gasteiger partial charge in [0.05, 0.1) is 28.8 Å². The van der Waals surface area contributed by atoms with Crippen molar-refractivity contribution in [3.05, 3.63) is 17.5 Å². The summed E-state index contributed by atoms with van der Waals surface area (Å²) in [5.41, 5.74) is 1.51. The molecule has 0 spiro atoms. The summed E-state index contributed by atoms with van der Waals surface area (Å²) in [5.74, 6) is 0.753. The Kier molecular flexibility index (Phi) is 3.20. The van der Waals surface area contributed by atoms with Crippen molar-refractivity contribution in [3.63, 3.8) is 0 Å². The first-order valence-corrected chi connectivity index (χ1v) is 8.66. The molecule has 1 unspecified atom stereocenters. The Morgan fingerprint density at radius 2 is 2.00 bits per heavy atom. The first kappa shape index (κ1) is 12.8. The highest BCUT2D eigenvalue weighted by Crippen LogP contribution is 2.35. The summed E-state index contributed by atoms with van der Waals surface area (Å²) in [7, 11) is -2.92. The van der Waals surface area contributed by atoms with E-state index in [9.17, 15) is 13.2 Å². The van der Waals surface area contributed by atoms with E-state index >= 15 is 0 Å². The van der Waals surface area contributed by atoms with E-state index in [0.717, 1.165) is 24.8 Å². The van der Waals surface area contributed by atoms with Crippen LogP contribution < -0.4 is 0 Å². The van der Waals surface area contributed by atoms with Gasteiger partial charge in [-0.05, 0) is 19.3 Å². The summed E-state index contributed by atoms with van der Waals surface area (Å²) in [6.07, 6.45) is 7.72. The highest BCUT2D eigenvalue weighted by molar-refractivity contribution is 7.91. The summed E-state index contributed by atoms with van der Waals surface area (Å²) >= 11 is 0. The zero-order valence-electron chi connectivity index (χ0n) is 10.8. The van der Waals surface area contributed by atoms with Crippen LogP contribution in [-0.4, -0.2) is 36.0 Å². The molecule has 2 fully saturated rings. The fourth-order valence-corrected chi connectivity index (χ4v) is 4.90. The molecule has 1 aromatic rings. The number of carbonyl (C=O) groups is 1. The van der Waals surface area contributed by atoms with Gasteiger partial charge in [0.1, 0.15) is 0 Å². The van der Waals surface area contributed by atoms with Crippen LogP contribution in [0.1, 0.15) is 60.1 Å². The fourth-order valence-electron chi connectivity index (χ4n) is 3.20. The lowest BCUT2D eigenvalue weighted by atomic mass is 10.0. The molecule has 2 heterocycles. The van der Waals surface area contributed by atoms with Gasteiger partial charge in [-0.1, -0.05) is 12.8 Å². The van der Waals surface area contributed by atoms with Crippen LogP contribution >= 0.6 is 0 Å². The van der Waals surface area contributed by atoms with Crippen molar-refractivity contribution in [2.75, 3.05) is 11.5 Å². The third-order valence-corrected chi connectivity index (χ3v) is 5.99. The Labute approximate surface area is 112 Å². The van der Waals surface area contributed by atoms with Gasteiger partial charge in [0.15, 0.2) is 16.1 Å². The van der Waals surface area contributed by atoms with Gasteiger partial charge >= 0.3 is 0 Å². The first-order valence-electron chi connectivity index (χ1n) is 6.84. The molecule has 5 nitrogen and oxygen atoms in total. The molecule has 0 bridgehead atoms. The molecular formula is C13H18N2O3S. The predicted octanol–water partition coefficient (Wildman–Crippen LogP) is 1.71. The zero-order valence-corrected chi connectivity index (χ0v) is 11.6. The van der Waals surface area contributed by atoms with Crippen LogP contribution in [0.25, 0.3) is 0 Å². The number of rotatable bonds is 3. The minimum absolute atomic E-state index is 0.0983. The summed E-state index contributed by atoms with van der Waals surface area (Å²) < 4.78 is 24.8. The Hall–Kier alpha value is -1.17. The van der Waals surface area contributed by atoms with E-state index in [-0.39, 0.29) is 17.5 Å². The van der Waals surface area contributed by atoms with E-state index in [2.05, 4.69) is 5.10 Å². The molecule has 6 heteroatoms. The van der Waals surface area contributed by atoms with Gasteiger partial charge in [-0.15, -0.1) is 0 Å².